The third kappa shape index (κ3) is 5.53. The highest BCUT2D eigenvalue weighted by Crippen LogP contribution is 2.54. The van der Waals surface area contributed by atoms with Gasteiger partial charge in [-0.3, -0.25) is 9.59 Å². The normalized spacial score (nSPS) is 24.7. The van der Waals surface area contributed by atoms with Gasteiger partial charge in [0.1, 0.15) is 42.0 Å². The van der Waals surface area contributed by atoms with E-state index in [1.165, 1.54) is 12.1 Å². The molecule has 4 aromatic carbocycles. The van der Waals surface area contributed by atoms with Crippen molar-refractivity contribution < 1.29 is 69.5 Å². The van der Waals surface area contributed by atoms with Crippen molar-refractivity contribution in [1.29, 1.82) is 0 Å². The number of carboxylic acid groups (broad SMARTS) is 2. The lowest BCUT2D eigenvalue weighted by atomic mass is 9.63. The number of fused-ring (bicyclic) bond motifs is 4. The lowest BCUT2D eigenvalue weighted by molar-refractivity contribution is -0.239. The van der Waals surface area contributed by atoms with Crippen LogP contribution in [0.5, 0.6) is 11.5 Å². The van der Waals surface area contributed by atoms with Crippen molar-refractivity contribution in [2.24, 2.45) is 0 Å². The van der Waals surface area contributed by atoms with Crippen molar-refractivity contribution in [2.75, 3.05) is 13.2 Å². The molecular weight excluding hydrogens is 680 g/mol. The van der Waals surface area contributed by atoms with Crippen LogP contribution in [0.2, 0.25) is 0 Å². The Kier molecular flexibility index (Phi) is 8.90. The van der Waals surface area contributed by atoms with Crippen molar-refractivity contribution in [3.05, 3.63) is 128 Å². The van der Waals surface area contributed by atoms with Crippen LogP contribution >= 0.6 is 0 Å². The number of benzene rings is 4. The molecule has 52 heavy (non-hydrogen) atoms. The van der Waals surface area contributed by atoms with Gasteiger partial charge in [-0.1, -0.05) is 42.5 Å². The average Bonchev–Trinajstić information content (AvgIpc) is 3.12. The van der Waals surface area contributed by atoms with E-state index >= 15 is 0 Å². The van der Waals surface area contributed by atoms with E-state index in [1.54, 1.807) is 42.5 Å². The van der Waals surface area contributed by atoms with Crippen LogP contribution in [0.15, 0.2) is 66.7 Å². The Balaban J connectivity index is 1.40. The molecule has 0 radical (unpaired) electrons. The van der Waals surface area contributed by atoms with Crippen LogP contribution in [0.4, 0.5) is 0 Å². The molecule has 1 saturated heterocycles. The Morgan fingerprint density at radius 3 is 1.83 bits per heavy atom. The van der Waals surface area contributed by atoms with Crippen LogP contribution < -0.4 is 0 Å². The minimum atomic E-state index is -1.63. The van der Waals surface area contributed by atoms with Crippen LogP contribution in [-0.4, -0.2) is 108 Å². The van der Waals surface area contributed by atoms with E-state index in [9.17, 15) is 60.0 Å². The van der Waals surface area contributed by atoms with E-state index in [4.69, 9.17) is 9.47 Å². The summed E-state index contributed by atoms with van der Waals surface area (Å²) in [6.07, 6.45) is -7.09. The summed E-state index contributed by atoms with van der Waals surface area (Å²) in [4.78, 5) is 52.6. The van der Waals surface area contributed by atoms with Gasteiger partial charge in [-0.2, -0.15) is 0 Å². The van der Waals surface area contributed by atoms with Crippen LogP contribution in [0.25, 0.3) is 0 Å². The van der Waals surface area contributed by atoms with E-state index in [1.807, 2.05) is 0 Å². The number of ketones is 2. The number of hydrogen-bond donors (Lipinski definition) is 8. The van der Waals surface area contributed by atoms with Gasteiger partial charge in [0.15, 0.2) is 11.6 Å². The minimum Gasteiger partial charge on any atom is -0.507 e. The highest BCUT2D eigenvalue weighted by Gasteiger charge is 2.46. The monoisotopic (exact) mass is 712 g/mol. The number of ether oxygens (including phenoxy) is 2. The molecule has 7 rings (SSSR count). The zero-order valence-corrected chi connectivity index (χ0v) is 27.0. The summed E-state index contributed by atoms with van der Waals surface area (Å²) in [5, 5.41) is 82.6. The highest BCUT2D eigenvalue weighted by molar-refractivity contribution is 6.17. The number of aromatic carboxylic acids is 2. The van der Waals surface area contributed by atoms with Gasteiger partial charge in [0.05, 0.1) is 42.1 Å². The Hall–Kier alpha value is -5.48. The van der Waals surface area contributed by atoms with Crippen LogP contribution in [0, 0.1) is 0 Å². The molecule has 0 amide bonds. The molecule has 14 heteroatoms. The predicted molar refractivity (Wildman–Crippen MR) is 177 cm³/mol. The average molecular weight is 713 g/mol. The first-order valence-electron chi connectivity index (χ1n) is 16.2. The summed E-state index contributed by atoms with van der Waals surface area (Å²) in [7, 11) is 0. The SMILES string of the molecule is O=C(O)c1cc(O)c2c(c1)C(C1c3cc(C(=O)O)cc(O)c3C(=O)c3c(COC[C@@H]4OC(CO)[C@H](O)[C@H](O)C4O)cccc31)c1ccccc1C2=O. The molecule has 3 aliphatic rings. The van der Waals surface area contributed by atoms with Gasteiger partial charge in [-0.25, -0.2) is 9.59 Å². The van der Waals surface area contributed by atoms with E-state index in [-0.39, 0.29) is 57.7 Å². The molecule has 0 aromatic heterocycles. The summed E-state index contributed by atoms with van der Waals surface area (Å²) in [5.41, 5.74) is 0.458. The zero-order valence-electron chi connectivity index (χ0n) is 27.0. The molecule has 1 fully saturated rings. The second-order valence-electron chi connectivity index (χ2n) is 13.0. The molecule has 4 unspecified atom stereocenters. The van der Waals surface area contributed by atoms with Gasteiger partial charge < -0.3 is 50.3 Å². The summed E-state index contributed by atoms with van der Waals surface area (Å²) < 4.78 is 11.4. The fraction of sp³-hybridized carbons (Fsp3) is 0.263. The summed E-state index contributed by atoms with van der Waals surface area (Å²) in [6.45, 7) is -1.25. The zero-order chi connectivity index (χ0) is 37.2. The maximum atomic E-state index is 14.4. The fourth-order valence-electron chi connectivity index (χ4n) is 7.70. The molecule has 268 valence electrons. The number of carboxylic acids is 2. The number of hydrogen-bond acceptors (Lipinski definition) is 12. The van der Waals surface area contributed by atoms with E-state index in [2.05, 4.69) is 0 Å². The molecule has 14 nitrogen and oxygen atoms in total. The number of aromatic hydroxyl groups is 2. The van der Waals surface area contributed by atoms with E-state index in [0.717, 1.165) is 12.1 Å². The first kappa shape index (κ1) is 34.9. The summed E-state index contributed by atoms with van der Waals surface area (Å²) in [5.74, 6) is -7.25. The number of phenolic OH excluding ortho intramolecular Hbond substituents is 2. The van der Waals surface area contributed by atoms with Gasteiger partial charge >= 0.3 is 11.9 Å². The molecular formula is C38H32O14. The van der Waals surface area contributed by atoms with Gasteiger partial charge in [0.25, 0.3) is 0 Å². The molecule has 0 saturated carbocycles. The largest absolute Gasteiger partial charge is 0.507 e. The Labute approximate surface area is 294 Å². The van der Waals surface area contributed by atoms with Gasteiger partial charge in [-0.05, 0) is 52.1 Å². The Bertz CT molecular complexity index is 2160. The molecule has 1 aliphatic heterocycles. The topological polar surface area (TPSA) is 249 Å². The number of carbonyl (C=O) groups is 4. The number of aliphatic hydroxyl groups is 4. The van der Waals surface area contributed by atoms with Gasteiger partial charge in [0.2, 0.25) is 0 Å². The molecule has 4 aromatic rings. The first-order chi connectivity index (χ1) is 24.8. The highest BCUT2D eigenvalue weighted by atomic mass is 16.6. The van der Waals surface area contributed by atoms with Crippen molar-refractivity contribution in [2.45, 2.75) is 49.0 Å². The second kappa shape index (κ2) is 13.2. The maximum absolute atomic E-state index is 14.4. The standard InChI is InChI=1S/C38H32O14/c39-12-25-33(43)36(46)34(44)26(52-25)14-51-13-15-4-3-7-20-27(15)35(45)31-22(9-17(38(49)50)11-24(31)41)29(20)28-18-5-1-2-6-19(18)32(42)30-21(28)8-16(37(47)48)10-23(30)40/h1-11,25-26,28-29,33-34,36,39-41,43-44,46H,12-14H2,(H,47,48)(H,49,50)/t25?,26-,28?,29?,33-,34?,36-/m0/s1. The van der Waals surface area contributed by atoms with Crippen LogP contribution in [-0.2, 0) is 16.1 Å². The lowest BCUT2D eigenvalue weighted by Gasteiger charge is -2.40. The third-order valence-electron chi connectivity index (χ3n) is 10.1. The van der Waals surface area contributed by atoms with Crippen molar-refractivity contribution in [3.8, 4) is 11.5 Å². The van der Waals surface area contributed by atoms with Crippen molar-refractivity contribution in [3.63, 3.8) is 0 Å². The van der Waals surface area contributed by atoms with Crippen LogP contribution in [0.1, 0.15) is 92.2 Å². The molecule has 0 bridgehead atoms. The van der Waals surface area contributed by atoms with E-state index in [0.29, 0.717) is 16.7 Å². The second-order valence-corrected chi connectivity index (χ2v) is 13.0. The van der Waals surface area contributed by atoms with E-state index < -0.39 is 84.0 Å². The van der Waals surface area contributed by atoms with Crippen LogP contribution in [0.3, 0.4) is 0 Å². The number of carbonyl (C=O) groups excluding carboxylic acids is 2. The molecule has 7 atom stereocenters. The van der Waals surface area contributed by atoms with Crippen molar-refractivity contribution in [1.82, 2.24) is 0 Å². The number of rotatable bonds is 8. The minimum absolute atomic E-state index is 0.0710. The molecule has 1 heterocycles. The maximum Gasteiger partial charge on any atom is 0.335 e. The molecule has 2 aliphatic carbocycles. The van der Waals surface area contributed by atoms with Crippen molar-refractivity contribution >= 4 is 23.5 Å². The summed E-state index contributed by atoms with van der Waals surface area (Å²) >= 11 is 0. The van der Waals surface area contributed by atoms with Gasteiger partial charge in [-0.15, -0.1) is 0 Å². The number of aliphatic hydroxyl groups excluding tert-OH is 4. The quantitative estimate of drug-likeness (QED) is 0.130. The Morgan fingerprint density at radius 1 is 0.654 bits per heavy atom. The summed E-state index contributed by atoms with van der Waals surface area (Å²) in [6, 6.07) is 15.7. The lowest BCUT2D eigenvalue weighted by Crippen LogP contribution is -2.59. The number of phenols is 2. The molecule has 8 N–H and O–H groups in total. The predicted octanol–water partition coefficient (Wildman–Crippen LogP) is 1.91. The van der Waals surface area contributed by atoms with Gasteiger partial charge in [0, 0.05) is 23.0 Å². The molecule has 0 spiro atoms. The first-order valence-corrected chi connectivity index (χ1v) is 16.2. The smallest absolute Gasteiger partial charge is 0.335 e. The third-order valence-corrected chi connectivity index (χ3v) is 10.1. The Morgan fingerprint density at radius 2 is 1.21 bits per heavy atom. The fourth-order valence-corrected chi connectivity index (χ4v) is 7.70.